The van der Waals surface area contributed by atoms with Crippen molar-refractivity contribution in [2.24, 2.45) is 0 Å². The smallest absolute Gasteiger partial charge is 0.233 e. The summed E-state index contributed by atoms with van der Waals surface area (Å²) in [6.45, 7) is 3.00. The lowest BCUT2D eigenvalue weighted by Crippen LogP contribution is -2.33. The van der Waals surface area contributed by atoms with Gasteiger partial charge in [0.2, 0.25) is 5.91 Å². The van der Waals surface area contributed by atoms with Gasteiger partial charge in [-0.1, -0.05) is 30.0 Å². The van der Waals surface area contributed by atoms with Gasteiger partial charge in [-0.2, -0.15) is 0 Å². The maximum atomic E-state index is 12.5. The number of rotatable bonds is 3. The van der Waals surface area contributed by atoms with Crippen LogP contribution in [0.5, 0.6) is 0 Å². The Morgan fingerprint density at radius 2 is 2.14 bits per heavy atom. The van der Waals surface area contributed by atoms with Gasteiger partial charge >= 0.3 is 0 Å². The summed E-state index contributed by atoms with van der Waals surface area (Å²) in [5, 5.41) is 2.09. The minimum atomic E-state index is 0.234. The molecule has 114 valence electrons. The van der Waals surface area contributed by atoms with E-state index in [4.69, 9.17) is 12.2 Å². The van der Waals surface area contributed by atoms with Crippen LogP contribution in [0.2, 0.25) is 0 Å². The summed E-state index contributed by atoms with van der Waals surface area (Å²) in [7, 11) is 0. The van der Waals surface area contributed by atoms with E-state index in [1.807, 2.05) is 4.90 Å². The fourth-order valence-electron chi connectivity index (χ4n) is 3.04. The molecule has 1 amide bonds. The number of likely N-dealkylation sites (tertiary alicyclic amines) is 2. The molecule has 1 atom stereocenters. The second-order valence-electron chi connectivity index (χ2n) is 5.51. The third kappa shape index (κ3) is 3.60. The molecule has 2 aliphatic rings. The normalized spacial score (nSPS) is 22.0. The minimum absolute atomic E-state index is 0.234. The second kappa shape index (κ2) is 7.11. The maximum absolute atomic E-state index is 12.5. The number of carbonyl (C=O) groups excluding carboxylic acids is 1. The number of hydrogen-bond donors (Lipinski definition) is 0. The molecule has 0 aliphatic carbocycles. The lowest BCUT2D eigenvalue weighted by atomic mass is 10.2. The summed E-state index contributed by atoms with van der Waals surface area (Å²) in [4.78, 5) is 18.1. The average molecular weight is 341 g/mol. The zero-order valence-corrected chi connectivity index (χ0v) is 14.4. The van der Waals surface area contributed by atoms with E-state index in [0.717, 1.165) is 36.8 Å². The van der Waals surface area contributed by atoms with Crippen molar-refractivity contribution in [3.63, 3.8) is 0 Å². The van der Waals surface area contributed by atoms with Gasteiger partial charge in [0, 0.05) is 24.5 Å². The highest BCUT2D eigenvalue weighted by Gasteiger charge is 2.30. The number of thiophene rings is 1. The van der Waals surface area contributed by atoms with Crippen LogP contribution in [0, 0.1) is 0 Å². The summed E-state index contributed by atoms with van der Waals surface area (Å²) < 4.78 is 0.896. The minimum Gasteiger partial charge on any atom is -0.358 e. The molecule has 2 fully saturated rings. The number of thiocarbonyl (C=S) groups is 1. The van der Waals surface area contributed by atoms with Crippen molar-refractivity contribution in [1.82, 2.24) is 9.80 Å². The van der Waals surface area contributed by atoms with Crippen molar-refractivity contribution in [3.8, 4) is 0 Å². The number of hydrogen-bond acceptors (Lipinski definition) is 4. The number of amides is 1. The van der Waals surface area contributed by atoms with Gasteiger partial charge in [-0.05, 0) is 37.1 Å². The first-order valence-electron chi connectivity index (χ1n) is 7.50. The van der Waals surface area contributed by atoms with Gasteiger partial charge in [-0.3, -0.25) is 4.79 Å². The SMILES string of the molecule is O=C(CSC(=S)N1CCCC1)N1CCCC1c1cccs1. The maximum Gasteiger partial charge on any atom is 0.233 e. The van der Waals surface area contributed by atoms with E-state index < -0.39 is 0 Å². The van der Waals surface area contributed by atoms with Gasteiger partial charge in [-0.15, -0.1) is 11.3 Å². The Balaban J connectivity index is 1.53. The van der Waals surface area contributed by atoms with Crippen LogP contribution in [-0.2, 0) is 4.79 Å². The second-order valence-corrected chi connectivity index (χ2v) is 8.10. The van der Waals surface area contributed by atoms with Crippen LogP contribution in [-0.4, -0.2) is 45.4 Å². The Labute approximate surface area is 139 Å². The van der Waals surface area contributed by atoms with Crippen LogP contribution in [0.25, 0.3) is 0 Å². The van der Waals surface area contributed by atoms with Crippen LogP contribution < -0.4 is 0 Å². The molecule has 0 aromatic carbocycles. The van der Waals surface area contributed by atoms with Crippen LogP contribution in [0.1, 0.15) is 36.6 Å². The van der Waals surface area contributed by atoms with Crippen molar-refractivity contribution >= 4 is 45.5 Å². The molecule has 2 aliphatic heterocycles. The predicted octanol–water partition coefficient (Wildman–Crippen LogP) is 3.53. The fraction of sp³-hybridized carbons (Fsp3) is 0.600. The van der Waals surface area contributed by atoms with E-state index >= 15 is 0 Å². The van der Waals surface area contributed by atoms with E-state index in [1.54, 1.807) is 11.3 Å². The van der Waals surface area contributed by atoms with Gasteiger partial charge in [0.1, 0.15) is 4.32 Å². The molecular formula is C15H20N2OS3. The molecule has 0 N–H and O–H groups in total. The van der Waals surface area contributed by atoms with Crippen LogP contribution >= 0.6 is 35.3 Å². The molecule has 3 heterocycles. The molecule has 0 saturated carbocycles. The standard InChI is InChI=1S/C15H20N2OS3/c18-14(11-21-15(19)16-7-1-2-8-16)17-9-3-5-12(17)13-6-4-10-20-13/h4,6,10,12H,1-3,5,7-9,11H2. The lowest BCUT2D eigenvalue weighted by Gasteiger charge is -2.24. The highest BCUT2D eigenvalue weighted by Crippen LogP contribution is 2.34. The summed E-state index contributed by atoms with van der Waals surface area (Å²) in [5.41, 5.74) is 0. The van der Waals surface area contributed by atoms with Crippen molar-refractivity contribution in [1.29, 1.82) is 0 Å². The first kappa shape index (κ1) is 15.3. The molecule has 0 radical (unpaired) electrons. The van der Waals surface area contributed by atoms with E-state index in [9.17, 15) is 4.79 Å². The highest BCUT2D eigenvalue weighted by molar-refractivity contribution is 8.23. The third-order valence-corrected chi connectivity index (χ3v) is 6.61. The van der Waals surface area contributed by atoms with Crippen molar-refractivity contribution in [2.75, 3.05) is 25.4 Å². The average Bonchev–Trinajstić information content (AvgIpc) is 3.25. The molecule has 3 nitrogen and oxygen atoms in total. The Hall–Kier alpha value is -0.590. The molecule has 1 unspecified atom stereocenters. The van der Waals surface area contributed by atoms with E-state index in [2.05, 4.69) is 22.4 Å². The van der Waals surface area contributed by atoms with Crippen LogP contribution in [0.3, 0.4) is 0 Å². The third-order valence-electron chi connectivity index (χ3n) is 4.13. The molecule has 3 rings (SSSR count). The summed E-state index contributed by atoms with van der Waals surface area (Å²) >= 11 is 8.73. The Bertz CT molecular complexity index is 497. The highest BCUT2D eigenvalue weighted by atomic mass is 32.2. The van der Waals surface area contributed by atoms with Crippen molar-refractivity contribution in [2.45, 2.75) is 31.7 Å². The fourth-order valence-corrected chi connectivity index (χ4v) is 5.05. The molecule has 0 spiro atoms. The first-order valence-corrected chi connectivity index (χ1v) is 9.77. The molecule has 1 aromatic heterocycles. The van der Waals surface area contributed by atoms with Gasteiger partial charge in [0.25, 0.3) is 0 Å². The summed E-state index contributed by atoms with van der Waals surface area (Å²) in [5.74, 6) is 0.717. The molecular weight excluding hydrogens is 320 g/mol. The zero-order valence-electron chi connectivity index (χ0n) is 12.0. The Kier molecular flexibility index (Phi) is 5.19. The number of thioether (sulfide) groups is 1. The molecule has 0 bridgehead atoms. The quantitative estimate of drug-likeness (QED) is 0.786. The monoisotopic (exact) mass is 340 g/mol. The number of carbonyl (C=O) groups is 1. The van der Waals surface area contributed by atoms with Crippen molar-refractivity contribution < 1.29 is 4.79 Å². The number of nitrogens with zero attached hydrogens (tertiary/aromatic N) is 2. The largest absolute Gasteiger partial charge is 0.358 e. The molecule has 21 heavy (non-hydrogen) atoms. The molecule has 1 aromatic rings. The van der Waals surface area contributed by atoms with Crippen LogP contribution in [0.15, 0.2) is 17.5 Å². The Morgan fingerprint density at radius 3 is 2.86 bits per heavy atom. The van der Waals surface area contributed by atoms with E-state index in [0.29, 0.717) is 11.8 Å². The van der Waals surface area contributed by atoms with E-state index in [-0.39, 0.29) is 5.91 Å². The zero-order chi connectivity index (χ0) is 14.7. The predicted molar refractivity (Wildman–Crippen MR) is 93.9 cm³/mol. The Morgan fingerprint density at radius 1 is 1.33 bits per heavy atom. The summed E-state index contributed by atoms with van der Waals surface area (Å²) in [6.07, 6.45) is 4.64. The van der Waals surface area contributed by atoms with Gasteiger partial charge in [0.05, 0.1) is 11.8 Å². The summed E-state index contributed by atoms with van der Waals surface area (Å²) in [6, 6.07) is 4.50. The van der Waals surface area contributed by atoms with Crippen LogP contribution in [0.4, 0.5) is 0 Å². The molecule has 6 heteroatoms. The van der Waals surface area contributed by atoms with Crippen molar-refractivity contribution in [3.05, 3.63) is 22.4 Å². The first-order chi connectivity index (χ1) is 10.3. The van der Waals surface area contributed by atoms with Gasteiger partial charge in [0.15, 0.2) is 0 Å². The van der Waals surface area contributed by atoms with E-state index in [1.165, 1.54) is 29.5 Å². The van der Waals surface area contributed by atoms with Gasteiger partial charge in [-0.25, -0.2) is 0 Å². The topological polar surface area (TPSA) is 23.6 Å². The lowest BCUT2D eigenvalue weighted by molar-refractivity contribution is -0.129. The van der Waals surface area contributed by atoms with Gasteiger partial charge < -0.3 is 9.80 Å². The molecule has 2 saturated heterocycles.